The van der Waals surface area contributed by atoms with Crippen molar-refractivity contribution in [2.45, 2.75) is 122 Å². The zero-order valence-electron chi connectivity index (χ0n) is 19.2. The molecule has 0 spiro atoms. The summed E-state index contributed by atoms with van der Waals surface area (Å²) in [5.74, 6) is -0.124. The van der Waals surface area contributed by atoms with Gasteiger partial charge in [0.25, 0.3) is 0 Å². The average molecular weight is 434 g/mol. The molecule has 0 radical (unpaired) electrons. The summed E-state index contributed by atoms with van der Waals surface area (Å²) in [6.07, 6.45) is 8.75. The van der Waals surface area contributed by atoms with Gasteiger partial charge in [0.2, 0.25) is 5.91 Å². The molecule has 0 heterocycles. The van der Waals surface area contributed by atoms with Crippen LogP contribution in [0.4, 0.5) is 0 Å². The SMILES string of the molecule is CCCCCCCCCCCCCCN(C[C@H](O)[C@@H](O)[C@H](O)[C@H](O)CO)C(=O)CC. The Hall–Kier alpha value is -0.730. The number of amides is 1. The van der Waals surface area contributed by atoms with E-state index in [4.69, 9.17) is 5.11 Å². The van der Waals surface area contributed by atoms with Crippen LogP contribution in [0.2, 0.25) is 0 Å². The second kappa shape index (κ2) is 19.0. The van der Waals surface area contributed by atoms with Gasteiger partial charge in [-0.05, 0) is 6.42 Å². The van der Waals surface area contributed by atoms with Gasteiger partial charge in [-0.2, -0.15) is 0 Å². The van der Waals surface area contributed by atoms with E-state index in [1.54, 1.807) is 6.92 Å². The predicted molar refractivity (Wildman–Crippen MR) is 119 cm³/mol. The molecule has 0 rings (SSSR count). The lowest BCUT2D eigenvalue weighted by Gasteiger charge is -2.30. The molecule has 7 heteroatoms. The number of carbonyl (C=O) groups is 1. The van der Waals surface area contributed by atoms with Crippen molar-refractivity contribution >= 4 is 5.91 Å². The van der Waals surface area contributed by atoms with Gasteiger partial charge >= 0.3 is 0 Å². The van der Waals surface area contributed by atoms with Crippen LogP contribution in [0.15, 0.2) is 0 Å². The fourth-order valence-corrected chi connectivity index (χ4v) is 3.58. The highest BCUT2D eigenvalue weighted by Crippen LogP contribution is 2.13. The zero-order chi connectivity index (χ0) is 22.8. The zero-order valence-corrected chi connectivity index (χ0v) is 19.2. The van der Waals surface area contributed by atoms with Crippen LogP contribution in [0.5, 0.6) is 0 Å². The maximum atomic E-state index is 12.1. The number of rotatable bonds is 20. The molecular weight excluding hydrogens is 386 g/mol. The van der Waals surface area contributed by atoms with E-state index in [1.165, 1.54) is 62.7 Å². The summed E-state index contributed by atoms with van der Waals surface area (Å²) < 4.78 is 0. The molecule has 1 amide bonds. The Morgan fingerprint density at radius 1 is 0.700 bits per heavy atom. The van der Waals surface area contributed by atoms with Gasteiger partial charge in [-0.15, -0.1) is 0 Å². The van der Waals surface area contributed by atoms with E-state index >= 15 is 0 Å². The number of aliphatic hydroxyl groups excluding tert-OH is 5. The minimum atomic E-state index is -1.67. The summed E-state index contributed by atoms with van der Waals surface area (Å²) >= 11 is 0. The van der Waals surface area contributed by atoms with Crippen molar-refractivity contribution in [1.82, 2.24) is 4.90 Å². The number of aliphatic hydroxyl groups is 5. The molecule has 4 atom stereocenters. The number of hydrogen-bond donors (Lipinski definition) is 5. The van der Waals surface area contributed by atoms with Gasteiger partial charge < -0.3 is 30.4 Å². The number of nitrogens with zero attached hydrogens (tertiary/aromatic N) is 1. The summed E-state index contributed by atoms with van der Waals surface area (Å²) in [5.41, 5.74) is 0. The summed E-state index contributed by atoms with van der Waals surface area (Å²) in [4.78, 5) is 13.6. The first-order valence-corrected chi connectivity index (χ1v) is 12.0. The fraction of sp³-hybridized carbons (Fsp3) is 0.957. The molecule has 0 aliphatic rings. The lowest BCUT2D eigenvalue weighted by atomic mass is 10.0. The molecule has 0 aromatic rings. The Kier molecular flexibility index (Phi) is 18.5. The highest BCUT2D eigenvalue weighted by Gasteiger charge is 2.31. The molecule has 0 unspecified atom stereocenters. The third-order valence-electron chi connectivity index (χ3n) is 5.67. The molecule has 0 saturated heterocycles. The second-order valence-corrected chi connectivity index (χ2v) is 8.38. The first-order valence-electron chi connectivity index (χ1n) is 12.0. The van der Waals surface area contributed by atoms with Gasteiger partial charge in [-0.1, -0.05) is 84.5 Å². The van der Waals surface area contributed by atoms with E-state index < -0.39 is 31.0 Å². The molecule has 7 nitrogen and oxygen atoms in total. The van der Waals surface area contributed by atoms with Crippen molar-refractivity contribution in [3.63, 3.8) is 0 Å². The normalized spacial score (nSPS) is 15.6. The maximum absolute atomic E-state index is 12.1. The Morgan fingerprint density at radius 3 is 1.57 bits per heavy atom. The van der Waals surface area contributed by atoms with Crippen LogP contribution < -0.4 is 0 Å². The second-order valence-electron chi connectivity index (χ2n) is 8.38. The highest BCUT2D eigenvalue weighted by molar-refractivity contribution is 5.75. The number of unbranched alkanes of at least 4 members (excludes halogenated alkanes) is 11. The molecule has 180 valence electrons. The van der Waals surface area contributed by atoms with E-state index in [2.05, 4.69) is 6.92 Å². The number of hydrogen-bond acceptors (Lipinski definition) is 6. The Morgan fingerprint density at radius 2 is 1.13 bits per heavy atom. The molecule has 0 bridgehead atoms. The van der Waals surface area contributed by atoms with Crippen LogP contribution in [0.3, 0.4) is 0 Å². The van der Waals surface area contributed by atoms with Crippen LogP contribution >= 0.6 is 0 Å². The van der Waals surface area contributed by atoms with Gasteiger partial charge in [0.15, 0.2) is 0 Å². The van der Waals surface area contributed by atoms with Crippen LogP contribution in [0.25, 0.3) is 0 Å². The molecular formula is C23H47NO6. The smallest absolute Gasteiger partial charge is 0.222 e. The largest absolute Gasteiger partial charge is 0.394 e. The molecule has 0 fully saturated rings. The van der Waals surface area contributed by atoms with Gasteiger partial charge in [-0.3, -0.25) is 4.79 Å². The third-order valence-corrected chi connectivity index (χ3v) is 5.67. The van der Waals surface area contributed by atoms with Gasteiger partial charge in [0, 0.05) is 19.5 Å². The van der Waals surface area contributed by atoms with Crippen molar-refractivity contribution in [3.8, 4) is 0 Å². The van der Waals surface area contributed by atoms with Crippen LogP contribution in [-0.2, 0) is 4.79 Å². The predicted octanol–water partition coefficient (Wildman–Crippen LogP) is 2.36. The van der Waals surface area contributed by atoms with Gasteiger partial charge in [0.05, 0.1) is 6.61 Å². The molecule has 0 aromatic carbocycles. The molecule has 0 aliphatic heterocycles. The molecule has 0 aromatic heterocycles. The third kappa shape index (κ3) is 13.5. The van der Waals surface area contributed by atoms with E-state index in [0.29, 0.717) is 13.0 Å². The van der Waals surface area contributed by atoms with Crippen molar-refractivity contribution < 1.29 is 30.3 Å². The van der Waals surface area contributed by atoms with Crippen molar-refractivity contribution in [1.29, 1.82) is 0 Å². The minimum absolute atomic E-state index is 0.110. The molecule has 0 aliphatic carbocycles. The Balaban J connectivity index is 4.04. The quantitative estimate of drug-likeness (QED) is 0.188. The van der Waals surface area contributed by atoms with E-state index in [-0.39, 0.29) is 12.5 Å². The molecule has 5 N–H and O–H groups in total. The maximum Gasteiger partial charge on any atom is 0.222 e. The van der Waals surface area contributed by atoms with Gasteiger partial charge in [-0.25, -0.2) is 0 Å². The number of carbonyl (C=O) groups excluding carboxylic acids is 1. The fourth-order valence-electron chi connectivity index (χ4n) is 3.58. The summed E-state index contributed by atoms with van der Waals surface area (Å²) in [5, 5.41) is 48.1. The van der Waals surface area contributed by atoms with Crippen molar-refractivity contribution in [2.24, 2.45) is 0 Å². The van der Waals surface area contributed by atoms with Gasteiger partial charge in [0.1, 0.15) is 24.4 Å². The van der Waals surface area contributed by atoms with Crippen molar-refractivity contribution in [2.75, 3.05) is 19.7 Å². The summed E-state index contributed by atoms with van der Waals surface area (Å²) in [7, 11) is 0. The standard InChI is InChI=1S/C23H47NO6/c1-3-5-6-7-8-9-10-11-12-13-14-15-16-24(21(28)4-2)17-19(26)22(29)23(30)20(27)18-25/h19-20,22-23,25-27,29-30H,3-18H2,1-2H3/t19-,20+,22+,23+/m0/s1. The monoisotopic (exact) mass is 433 g/mol. The average Bonchev–Trinajstić information content (AvgIpc) is 2.76. The Labute approximate surface area is 183 Å². The van der Waals surface area contributed by atoms with E-state index in [1.807, 2.05) is 0 Å². The van der Waals surface area contributed by atoms with Crippen LogP contribution in [0, 0.1) is 0 Å². The van der Waals surface area contributed by atoms with Crippen molar-refractivity contribution in [3.05, 3.63) is 0 Å². The molecule has 0 saturated carbocycles. The topological polar surface area (TPSA) is 121 Å². The van der Waals surface area contributed by atoms with E-state index in [9.17, 15) is 25.2 Å². The minimum Gasteiger partial charge on any atom is -0.394 e. The highest BCUT2D eigenvalue weighted by atomic mass is 16.4. The summed E-state index contributed by atoms with van der Waals surface area (Å²) in [6, 6.07) is 0. The first-order chi connectivity index (χ1) is 14.4. The molecule has 30 heavy (non-hydrogen) atoms. The lowest BCUT2D eigenvalue weighted by Crippen LogP contribution is -2.50. The van der Waals surface area contributed by atoms with Crippen LogP contribution in [-0.4, -0.2) is 80.5 Å². The van der Waals surface area contributed by atoms with E-state index in [0.717, 1.165) is 19.3 Å². The van der Waals surface area contributed by atoms with Crippen LogP contribution in [0.1, 0.15) is 97.3 Å². The lowest BCUT2D eigenvalue weighted by molar-refractivity contribution is -0.139. The summed E-state index contributed by atoms with van der Waals surface area (Å²) in [6.45, 7) is 3.64. The Bertz CT molecular complexity index is 409. The first kappa shape index (κ1) is 29.3.